The van der Waals surface area contributed by atoms with Gasteiger partial charge in [0.05, 0.1) is 0 Å². The summed E-state index contributed by atoms with van der Waals surface area (Å²) in [5.74, 6) is 0. The molecule has 0 aromatic heterocycles. The third-order valence-electron chi connectivity index (χ3n) is 0.292. The third-order valence-corrected chi connectivity index (χ3v) is 0.877. The van der Waals surface area contributed by atoms with Crippen molar-refractivity contribution >= 4 is 58.1 Å². The fourth-order valence-electron chi connectivity index (χ4n) is 0. The highest BCUT2D eigenvalue weighted by Crippen LogP contribution is 2.20. The van der Waals surface area contributed by atoms with Crippen molar-refractivity contribution in [3.8, 4) is 0 Å². The maximum Gasteiger partial charge on any atom is 0.522 e. The molecule has 0 rings (SSSR count). The van der Waals surface area contributed by atoms with Gasteiger partial charge in [-0.2, -0.15) is 21.6 Å². The lowest BCUT2D eigenvalue weighted by molar-refractivity contribution is -0.0510. The first-order chi connectivity index (χ1) is 3.25. The minimum atomic E-state index is -5.84. The van der Waals surface area contributed by atoms with Crippen LogP contribution in [0.4, 0.5) is 13.2 Å². The molecule has 1 N–H and O–H groups in total. The topological polar surface area (TPSA) is 54.4 Å². The molecule has 0 saturated heterocycles. The van der Waals surface area contributed by atoms with E-state index in [0.29, 0.717) is 0 Å². The molecular formula is CH3F3I2O3S. The van der Waals surface area contributed by atoms with Crippen LogP contribution in [0.25, 0.3) is 0 Å². The number of halogens is 5. The summed E-state index contributed by atoms with van der Waals surface area (Å²) in [4.78, 5) is 0. The van der Waals surface area contributed by atoms with Gasteiger partial charge in [0, 0.05) is 0 Å². The summed E-state index contributed by atoms with van der Waals surface area (Å²) in [5, 5.41) is 0. The van der Waals surface area contributed by atoms with Crippen molar-refractivity contribution in [2.24, 2.45) is 0 Å². The Bertz CT molecular complexity index is 171. The maximum absolute atomic E-state index is 10.7. The summed E-state index contributed by atoms with van der Waals surface area (Å²) in [5.41, 5.74) is -5.53. The van der Waals surface area contributed by atoms with Gasteiger partial charge >= 0.3 is 15.6 Å². The summed E-state index contributed by atoms with van der Waals surface area (Å²) in [6.07, 6.45) is 0. The van der Waals surface area contributed by atoms with E-state index in [0.717, 1.165) is 0 Å². The number of hydrogen-bond donors (Lipinski definition) is 1. The highest BCUT2D eigenvalue weighted by Gasteiger charge is 2.44. The molecule has 0 spiro atoms. The van der Waals surface area contributed by atoms with Gasteiger partial charge in [0.25, 0.3) is 0 Å². The average Bonchev–Trinajstić information content (AvgIpc) is 1.25. The molecule has 0 radical (unpaired) electrons. The van der Waals surface area contributed by atoms with Crippen molar-refractivity contribution in [2.45, 2.75) is 5.51 Å². The van der Waals surface area contributed by atoms with E-state index in [2.05, 4.69) is 0 Å². The van der Waals surface area contributed by atoms with Gasteiger partial charge < -0.3 is 0 Å². The van der Waals surface area contributed by atoms with E-state index in [4.69, 9.17) is 13.0 Å². The normalized spacial score (nSPS) is 11.2. The van der Waals surface area contributed by atoms with Gasteiger partial charge in [0.2, 0.25) is 0 Å². The second-order valence-electron chi connectivity index (χ2n) is 0.921. The van der Waals surface area contributed by atoms with Gasteiger partial charge in [-0.25, -0.2) is 0 Å². The van der Waals surface area contributed by atoms with Crippen LogP contribution in [0.1, 0.15) is 0 Å². The summed E-state index contributed by atoms with van der Waals surface area (Å²) >= 11 is 0. The molecule has 3 nitrogen and oxygen atoms in total. The first-order valence-corrected chi connectivity index (χ1v) is 2.73. The van der Waals surface area contributed by atoms with Crippen LogP contribution in [0, 0.1) is 0 Å². The second-order valence-corrected chi connectivity index (χ2v) is 2.33. The molecule has 9 heteroatoms. The molecule has 0 aromatic rings. The SMILES string of the molecule is I.I.O=S(=O)(O)C(F)(F)F. The van der Waals surface area contributed by atoms with Crippen molar-refractivity contribution in [3.05, 3.63) is 0 Å². The van der Waals surface area contributed by atoms with E-state index in [9.17, 15) is 13.2 Å². The highest BCUT2D eigenvalue weighted by molar-refractivity contribution is 14.0. The Balaban J connectivity index is -0.000000245. The lowest BCUT2D eigenvalue weighted by Crippen LogP contribution is -2.21. The maximum atomic E-state index is 10.7. The van der Waals surface area contributed by atoms with Gasteiger partial charge in [-0.15, -0.1) is 48.0 Å². The average molecular weight is 406 g/mol. The molecular weight excluding hydrogens is 403 g/mol. The Hall–Kier alpha value is 1.16. The Labute approximate surface area is 89.2 Å². The fraction of sp³-hybridized carbons (Fsp3) is 1.00. The van der Waals surface area contributed by atoms with Gasteiger partial charge in [0.15, 0.2) is 0 Å². The summed E-state index contributed by atoms with van der Waals surface area (Å²) in [7, 11) is -5.84. The monoisotopic (exact) mass is 406 g/mol. The molecule has 0 aliphatic heterocycles. The smallest absolute Gasteiger partial charge is 0.279 e. The van der Waals surface area contributed by atoms with Crippen LogP contribution >= 0.6 is 48.0 Å². The molecule has 0 saturated carbocycles. The van der Waals surface area contributed by atoms with Crippen LogP contribution in [0.15, 0.2) is 0 Å². The van der Waals surface area contributed by atoms with Crippen LogP contribution in [0.3, 0.4) is 0 Å². The number of alkyl halides is 3. The Morgan fingerprint density at radius 1 is 1.10 bits per heavy atom. The zero-order valence-electron chi connectivity index (χ0n) is 4.12. The molecule has 66 valence electrons. The third kappa shape index (κ3) is 5.91. The Morgan fingerprint density at radius 3 is 1.20 bits per heavy atom. The van der Waals surface area contributed by atoms with E-state index in [1.54, 1.807) is 0 Å². The molecule has 0 atom stereocenters. The predicted molar refractivity (Wildman–Crippen MR) is 48.4 cm³/mol. The van der Waals surface area contributed by atoms with Crippen molar-refractivity contribution in [1.29, 1.82) is 0 Å². The minimum absolute atomic E-state index is 0. The first-order valence-electron chi connectivity index (χ1n) is 1.29. The lowest BCUT2D eigenvalue weighted by atomic mass is 11.6. The molecule has 0 unspecified atom stereocenters. The van der Waals surface area contributed by atoms with Crippen LogP contribution in [0.2, 0.25) is 0 Å². The van der Waals surface area contributed by atoms with Gasteiger partial charge in [-0.1, -0.05) is 0 Å². The summed E-state index contributed by atoms with van der Waals surface area (Å²) in [6, 6.07) is 0. The van der Waals surface area contributed by atoms with Crippen molar-refractivity contribution in [3.63, 3.8) is 0 Å². The van der Waals surface area contributed by atoms with Crippen molar-refractivity contribution in [1.82, 2.24) is 0 Å². The van der Waals surface area contributed by atoms with Crippen molar-refractivity contribution < 1.29 is 26.1 Å². The molecule has 0 aromatic carbocycles. The largest absolute Gasteiger partial charge is 0.522 e. The van der Waals surface area contributed by atoms with E-state index >= 15 is 0 Å². The molecule has 0 fully saturated rings. The summed E-state index contributed by atoms with van der Waals surface area (Å²) in [6.45, 7) is 0. The predicted octanol–water partition coefficient (Wildman–Crippen LogP) is 1.63. The first kappa shape index (κ1) is 17.3. The van der Waals surface area contributed by atoms with Gasteiger partial charge in [0.1, 0.15) is 0 Å². The molecule has 0 bridgehead atoms. The van der Waals surface area contributed by atoms with Crippen LogP contribution in [-0.2, 0) is 10.1 Å². The molecule has 0 amide bonds. The molecule has 0 aliphatic rings. The van der Waals surface area contributed by atoms with E-state index < -0.39 is 15.6 Å². The standard InChI is InChI=1S/CHF3O3S.2HI/c2-1(3,4)8(5,6)7;;/h(H,5,6,7);2*1H. The Kier molecular flexibility index (Phi) is 8.52. The van der Waals surface area contributed by atoms with E-state index in [1.165, 1.54) is 0 Å². The van der Waals surface area contributed by atoms with Crippen LogP contribution in [0.5, 0.6) is 0 Å². The zero-order chi connectivity index (χ0) is 7.00. The van der Waals surface area contributed by atoms with E-state index in [-0.39, 0.29) is 48.0 Å². The minimum Gasteiger partial charge on any atom is -0.279 e. The molecule has 0 heterocycles. The fourth-order valence-corrected chi connectivity index (χ4v) is 0. The quantitative estimate of drug-likeness (QED) is 0.378. The van der Waals surface area contributed by atoms with Crippen molar-refractivity contribution in [2.75, 3.05) is 0 Å². The Morgan fingerprint density at radius 2 is 1.20 bits per heavy atom. The van der Waals surface area contributed by atoms with Crippen LogP contribution < -0.4 is 0 Å². The number of rotatable bonds is 0. The number of hydrogen-bond acceptors (Lipinski definition) is 2. The second kappa shape index (κ2) is 4.92. The lowest BCUT2D eigenvalue weighted by Gasteiger charge is -1.97. The molecule has 0 aliphatic carbocycles. The summed E-state index contributed by atoms with van der Waals surface area (Å²) < 4.78 is 57.5. The van der Waals surface area contributed by atoms with E-state index in [1.807, 2.05) is 0 Å². The zero-order valence-corrected chi connectivity index (χ0v) is 9.60. The van der Waals surface area contributed by atoms with Gasteiger partial charge in [-0.3, -0.25) is 4.55 Å². The highest BCUT2D eigenvalue weighted by atomic mass is 127. The molecule has 10 heavy (non-hydrogen) atoms. The van der Waals surface area contributed by atoms with Crippen LogP contribution in [-0.4, -0.2) is 18.5 Å². The van der Waals surface area contributed by atoms with Gasteiger partial charge in [-0.05, 0) is 0 Å².